The molecule has 0 saturated carbocycles. The molecule has 138 valence electrons. The lowest BCUT2D eigenvalue weighted by Gasteiger charge is -2.11. The number of carbonyl (C=O) groups is 2. The van der Waals surface area contributed by atoms with Gasteiger partial charge in [0.15, 0.2) is 0 Å². The zero-order chi connectivity index (χ0) is 18.9. The molecule has 0 heterocycles. The topological polar surface area (TPSA) is 73.9 Å². The molecule has 0 unspecified atom stereocenters. The summed E-state index contributed by atoms with van der Waals surface area (Å²) in [6, 6.07) is 12.4. The third-order valence-corrected chi connectivity index (χ3v) is 4.53. The van der Waals surface area contributed by atoms with Crippen molar-refractivity contribution < 1.29 is 23.8 Å². The number of anilines is 1. The van der Waals surface area contributed by atoms with Gasteiger partial charge in [0, 0.05) is 11.8 Å². The van der Waals surface area contributed by atoms with E-state index < -0.39 is 0 Å². The van der Waals surface area contributed by atoms with Gasteiger partial charge in [-0.2, -0.15) is 0 Å². The lowest BCUT2D eigenvalue weighted by Crippen LogP contribution is -2.15. The Morgan fingerprint density at radius 3 is 2.54 bits per heavy atom. The Balaban J connectivity index is 1.91. The van der Waals surface area contributed by atoms with Gasteiger partial charge in [-0.25, -0.2) is 4.79 Å². The van der Waals surface area contributed by atoms with E-state index in [0.717, 1.165) is 5.56 Å². The van der Waals surface area contributed by atoms with Crippen LogP contribution in [0.5, 0.6) is 11.5 Å². The number of hydrogen-bond acceptors (Lipinski definition) is 6. The summed E-state index contributed by atoms with van der Waals surface area (Å²) in [6.45, 7) is 0. The minimum absolute atomic E-state index is 0.148. The van der Waals surface area contributed by atoms with Crippen LogP contribution in [0.25, 0.3) is 0 Å². The van der Waals surface area contributed by atoms with Crippen LogP contribution >= 0.6 is 11.8 Å². The fraction of sp³-hybridized carbons (Fsp3) is 0.263. The van der Waals surface area contributed by atoms with E-state index in [4.69, 9.17) is 14.2 Å². The van der Waals surface area contributed by atoms with Crippen LogP contribution in [-0.2, 0) is 15.3 Å². The third-order valence-electron chi connectivity index (χ3n) is 3.53. The number of hydrogen-bond donors (Lipinski definition) is 1. The van der Waals surface area contributed by atoms with Gasteiger partial charge in [-0.3, -0.25) is 4.79 Å². The number of rotatable bonds is 8. The molecule has 2 aromatic rings. The van der Waals surface area contributed by atoms with Crippen molar-refractivity contribution in [1.29, 1.82) is 0 Å². The van der Waals surface area contributed by atoms with Gasteiger partial charge in [0.1, 0.15) is 11.5 Å². The number of methoxy groups -OCH3 is 3. The van der Waals surface area contributed by atoms with E-state index in [-0.39, 0.29) is 17.6 Å². The summed E-state index contributed by atoms with van der Waals surface area (Å²) in [7, 11) is 4.45. The molecule has 2 rings (SSSR count). The van der Waals surface area contributed by atoms with Gasteiger partial charge in [0.2, 0.25) is 5.91 Å². The van der Waals surface area contributed by atoms with E-state index in [0.29, 0.717) is 28.5 Å². The van der Waals surface area contributed by atoms with Gasteiger partial charge in [0.05, 0.1) is 38.3 Å². The molecule has 0 spiro atoms. The van der Waals surface area contributed by atoms with Crippen LogP contribution in [0.4, 0.5) is 5.69 Å². The third kappa shape index (κ3) is 5.42. The molecule has 0 aliphatic rings. The first-order chi connectivity index (χ1) is 12.6. The van der Waals surface area contributed by atoms with Crippen LogP contribution in [0.15, 0.2) is 42.5 Å². The smallest absolute Gasteiger partial charge is 0.337 e. The molecule has 1 N–H and O–H groups in total. The molecular weight excluding hydrogens is 354 g/mol. The van der Waals surface area contributed by atoms with Gasteiger partial charge in [-0.15, -0.1) is 11.8 Å². The van der Waals surface area contributed by atoms with Crippen molar-refractivity contribution in [2.75, 3.05) is 32.4 Å². The second kappa shape index (κ2) is 9.72. The monoisotopic (exact) mass is 375 g/mol. The van der Waals surface area contributed by atoms with Crippen LogP contribution in [0.3, 0.4) is 0 Å². The van der Waals surface area contributed by atoms with Crippen molar-refractivity contribution in [3.05, 3.63) is 53.6 Å². The Morgan fingerprint density at radius 1 is 1.04 bits per heavy atom. The maximum atomic E-state index is 12.2. The molecule has 6 nitrogen and oxygen atoms in total. The van der Waals surface area contributed by atoms with E-state index in [9.17, 15) is 9.59 Å². The van der Waals surface area contributed by atoms with Gasteiger partial charge >= 0.3 is 5.97 Å². The van der Waals surface area contributed by atoms with Gasteiger partial charge < -0.3 is 19.5 Å². The van der Waals surface area contributed by atoms with Crippen LogP contribution in [0, 0.1) is 0 Å². The standard InChI is InChI=1S/C19H21NO5S/c1-23-15-7-8-17(24-2)16(10-15)20-18(21)12-26-11-13-5-4-6-14(9-13)19(22)25-3/h4-10H,11-12H2,1-3H3,(H,20,21). The summed E-state index contributed by atoms with van der Waals surface area (Å²) < 4.78 is 15.1. The zero-order valence-electron chi connectivity index (χ0n) is 14.9. The highest BCUT2D eigenvalue weighted by Crippen LogP contribution is 2.29. The Labute approximate surface area is 156 Å². The fourth-order valence-corrected chi connectivity index (χ4v) is 3.04. The molecule has 1 amide bonds. The maximum absolute atomic E-state index is 12.2. The minimum Gasteiger partial charge on any atom is -0.497 e. The fourth-order valence-electron chi connectivity index (χ4n) is 2.27. The lowest BCUT2D eigenvalue weighted by molar-refractivity contribution is -0.113. The summed E-state index contributed by atoms with van der Waals surface area (Å²) >= 11 is 1.45. The zero-order valence-corrected chi connectivity index (χ0v) is 15.7. The summed E-state index contributed by atoms with van der Waals surface area (Å²) in [6.07, 6.45) is 0. The minimum atomic E-state index is -0.375. The number of nitrogens with one attached hydrogen (secondary N) is 1. The number of thioether (sulfide) groups is 1. The molecule has 2 aromatic carbocycles. The highest BCUT2D eigenvalue weighted by Gasteiger charge is 2.10. The Morgan fingerprint density at radius 2 is 1.85 bits per heavy atom. The maximum Gasteiger partial charge on any atom is 0.337 e. The highest BCUT2D eigenvalue weighted by molar-refractivity contribution is 7.99. The Hall–Kier alpha value is -2.67. The molecule has 7 heteroatoms. The molecule has 0 aliphatic heterocycles. The van der Waals surface area contributed by atoms with Gasteiger partial charge in [-0.05, 0) is 29.8 Å². The summed E-state index contributed by atoms with van der Waals surface area (Å²) in [5.41, 5.74) is 2.01. The SMILES string of the molecule is COC(=O)c1cccc(CSCC(=O)Nc2cc(OC)ccc2OC)c1. The van der Waals surface area contributed by atoms with Crippen molar-refractivity contribution >= 4 is 29.3 Å². The van der Waals surface area contributed by atoms with Crippen molar-refractivity contribution in [1.82, 2.24) is 0 Å². The number of ether oxygens (including phenoxy) is 3. The van der Waals surface area contributed by atoms with Crippen LogP contribution in [-0.4, -0.2) is 39.0 Å². The van der Waals surface area contributed by atoms with E-state index >= 15 is 0 Å². The first-order valence-corrected chi connectivity index (χ1v) is 8.99. The second-order valence-electron chi connectivity index (χ2n) is 5.30. The van der Waals surface area contributed by atoms with Gasteiger partial charge in [0.25, 0.3) is 0 Å². The Kier molecular flexibility index (Phi) is 7.35. The molecule has 0 bridgehead atoms. The van der Waals surface area contributed by atoms with Crippen LogP contribution < -0.4 is 14.8 Å². The largest absolute Gasteiger partial charge is 0.497 e. The quantitative estimate of drug-likeness (QED) is 0.713. The molecule has 0 atom stereocenters. The van der Waals surface area contributed by atoms with E-state index in [1.54, 1.807) is 50.6 Å². The van der Waals surface area contributed by atoms with E-state index in [1.165, 1.54) is 18.9 Å². The average molecular weight is 375 g/mol. The van der Waals surface area contributed by atoms with Crippen molar-refractivity contribution in [3.8, 4) is 11.5 Å². The summed E-state index contributed by atoms with van der Waals surface area (Å²) in [5.74, 6) is 1.55. The molecule has 0 saturated heterocycles. The lowest BCUT2D eigenvalue weighted by atomic mass is 10.1. The molecule has 0 aliphatic carbocycles. The van der Waals surface area contributed by atoms with Crippen LogP contribution in [0.2, 0.25) is 0 Å². The molecule has 26 heavy (non-hydrogen) atoms. The summed E-state index contributed by atoms with van der Waals surface area (Å²) in [5, 5.41) is 2.82. The van der Waals surface area contributed by atoms with E-state index in [2.05, 4.69) is 5.32 Å². The van der Waals surface area contributed by atoms with Gasteiger partial charge in [-0.1, -0.05) is 12.1 Å². The van der Waals surface area contributed by atoms with Crippen molar-refractivity contribution in [3.63, 3.8) is 0 Å². The molecule has 0 radical (unpaired) electrons. The number of benzene rings is 2. The first-order valence-electron chi connectivity index (χ1n) is 7.84. The molecule has 0 aromatic heterocycles. The number of esters is 1. The summed E-state index contributed by atoms with van der Waals surface area (Å²) in [4.78, 5) is 23.7. The van der Waals surface area contributed by atoms with E-state index in [1.807, 2.05) is 6.07 Å². The predicted molar refractivity (Wildman–Crippen MR) is 102 cm³/mol. The molecule has 0 fully saturated rings. The van der Waals surface area contributed by atoms with Crippen molar-refractivity contribution in [2.24, 2.45) is 0 Å². The number of amides is 1. The Bertz CT molecular complexity index is 778. The normalized spacial score (nSPS) is 10.1. The van der Waals surface area contributed by atoms with Crippen molar-refractivity contribution in [2.45, 2.75) is 5.75 Å². The first kappa shape index (κ1) is 19.7. The second-order valence-corrected chi connectivity index (χ2v) is 6.28. The molecular formula is C19H21NO5S. The van der Waals surface area contributed by atoms with Crippen LogP contribution in [0.1, 0.15) is 15.9 Å². The highest BCUT2D eigenvalue weighted by atomic mass is 32.2. The predicted octanol–water partition coefficient (Wildman–Crippen LogP) is 3.36. The average Bonchev–Trinajstić information content (AvgIpc) is 2.67. The number of carbonyl (C=O) groups excluding carboxylic acids is 2.